The van der Waals surface area contributed by atoms with Gasteiger partial charge >= 0.3 is 7.82 Å². The third-order valence-corrected chi connectivity index (χ3v) is 8.94. The summed E-state index contributed by atoms with van der Waals surface area (Å²) in [4.78, 5) is 42.5. The molecular formula is C21H29O8P. The molecule has 8 nitrogen and oxygen atoms in total. The molecule has 0 unspecified atom stereocenters. The predicted molar refractivity (Wildman–Crippen MR) is 106 cm³/mol. The van der Waals surface area contributed by atoms with E-state index < -0.39 is 42.7 Å². The lowest BCUT2D eigenvalue weighted by molar-refractivity contribution is -0.178. The van der Waals surface area contributed by atoms with Gasteiger partial charge in [-0.3, -0.25) is 14.1 Å². The lowest BCUT2D eigenvalue weighted by Gasteiger charge is -2.59. The first kappa shape index (κ1) is 22.1. The molecule has 0 heterocycles. The number of aliphatic hydroxyl groups excluding tert-OH is 1. The minimum absolute atomic E-state index is 0.0284. The molecule has 3 fully saturated rings. The maximum atomic E-state index is 12.8. The average Bonchev–Trinajstić information content (AvgIpc) is 2.91. The molecule has 0 aromatic heterocycles. The van der Waals surface area contributed by atoms with E-state index in [2.05, 4.69) is 4.52 Å². The monoisotopic (exact) mass is 440 g/mol. The van der Waals surface area contributed by atoms with E-state index in [9.17, 15) is 24.4 Å². The van der Waals surface area contributed by atoms with E-state index in [1.54, 1.807) is 19.1 Å². The number of Topliss-reactive ketones (excluding diaryl/α,β-unsaturated/α-hetero) is 1. The summed E-state index contributed by atoms with van der Waals surface area (Å²) < 4.78 is 15.4. The third kappa shape index (κ3) is 3.12. The number of ketones is 2. The van der Waals surface area contributed by atoms with Gasteiger partial charge in [0.2, 0.25) is 0 Å². The zero-order valence-electron chi connectivity index (χ0n) is 17.2. The summed E-state index contributed by atoms with van der Waals surface area (Å²) in [5.41, 5.74) is -2.15. The van der Waals surface area contributed by atoms with E-state index in [-0.39, 0.29) is 36.4 Å². The second-order valence-electron chi connectivity index (χ2n) is 9.80. The molecule has 0 aromatic rings. The number of carbonyl (C=O) groups excluding carboxylic acids is 2. The molecular weight excluding hydrogens is 411 g/mol. The number of allylic oxidation sites excluding steroid dienone is 4. The van der Waals surface area contributed by atoms with E-state index in [0.29, 0.717) is 6.42 Å². The van der Waals surface area contributed by atoms with Crippen molar-refractivity contribution < 1.29 is 38.7 Å². The number of fused-ring (bicyclic) bond motifs is 5. The van der Waals surface area contributed by atoms with E-state index >= 15 is 0 Å². The highest BCUT2D eigenvalue weighted by atomic mass is 31.2. The van der Waals surface area contributed by atoms with Crippen molar-refractivity contribution in [3.63, 3.8) is 0 Å². The standard InChI is InChI=1S/C21H29O8P/c1-19-7-5-13(22)9-12(19)3-4-14-15-6-8-21(25,17(24)11-29-30(26,27)28)20(15,2)10-16(23)18(14)19/h5,7,9,14-16,18,23,25H,3-4,6,8,10-11H2,1-2H3,(H2,26,27,28)/t14-,15+,16-,18+,19+,20+,21+/m1/s1. The maximum Gasteiger partial charge on any atom is 0.470 e. The number of phosphoric ester groups is 1. The van der Waals surface area contributed by atoms with Crippen LogP contribution in [0.3, 0.4) is 0 Å². The van der Waals surface area contributed by atoms with Gasteiger partial charge in [-0.15, -0.1) is 0 Å². The molecule has 4 N–H and O–H groups in total. The van der Waals surface area contributed by atoms with Crippen molar-refractivity contribution in [1.29, 1.82) is 0 Å². The predicted octanol–water partition coefficient (Wildman–Crippen LogP) is 1.67. The smallest absolute Gasteiger partial charge is 0.393 e. The number of hydrogen-bond donors (Lipinski definition) is 4. The summed E-state index contributed by atoms with van der Waals surface area (Å²) in [6.45, 7) is 2.97. The summed E-state index contributed by atoms with van der Waals surface area (Å²) in [6.07, 6.45) is 6.76. The molecule has 166 valence electrons. The highest BCUT2D eigenvalue weighted by Gasteiger charge is 2.68. The van der Waals surface area contributed by atoms with Crippen molar-refractivity contribution in [2.75, 3.05) is 6.61 Å². The van der Waals surface area contributed by atoms with Crippen LogP contribution in [0.2, 0.25) is 0 Å². The van der Waals surface area contributed by atoms with Crippen LogP contribution in [0.1, 0.15) is 46.0 Å². The molecule has 4 aliphatic rings. The molecule has 0 bridgehead atoms. The van der Waals surface area contributed by atoms with Gasteiger partial charge in [-0.1, -0.05) is 25.5 Å². The highest BCUT2D eigenvalue weighted by Crippen LogP contribution is 2.67. The fourth-order valence-corrected chi connectivity index (χ4v) is 7.34. The van der Waals surface area contributed by atoms with Crippen molar-refractivity contribution in [3.8, 4) is 0 Å². The third-order valence-electron chi connectivity index (χ3n) is 8.47. The van der Waals surface area contributed by atoms with Gasteiger partial charge in [0.25, 0.3) is 0 Å². The van der Waals surface area contributed by atoms with Gasteiger partial charge < -0.3 is 20.0 Å². The molecule has 3 saturated carbocycles. The normalized spacial score (nSPS) is 45.4. The zero-order chi connectivity index (χ0) is 22.1. The number of phosphoric acid groups is 1. The van der Waals surface area contributed by atoms with Crippen LogP contribution in [-0.4, -0.2) is 49.9 Å². The molecule has 0 saturated heterocycles. The second kappa shape index (κ2) is 6.92. The van der Waals surface area contributed by atoms with Crippen LogP contribution in [0.4, 0.5) is 0 Å². The molecule has 0 aliphatic heterocycles. The summed E-state index contributed by atoms with van der Waals surface area (Å²) in [7, 11) is -4.84. The van der Waals surface area contributed by atoms with Crippen molar-refractivity contribution in [2.24, 2.45) is 28.6 Å². The first-order valence-electron chi connectivity index (χ1n) is 10.4. The summed E-state index contributed by atoms with van der Waals surface area (Å²) in [5.74, 6) is -0.888. The Morgan fingerprint density at radius 1 is 1.30 bits per heavy atom. The molecule has 7 atom stereocenters. The lowest BCUT2D eigenvalue weighted by Crippen LogP contribution is -2.61. The SMILES string of the molecule is C[C@]12C=CC(=O)C=C1CC[C@H]1[C@H]2[C@H](O)C[C@@]2(C)[C@H]1CC[C@]2(O)C(=O)COP(=O)(O)O. The van der Waals surface area contributed by atoms with Crippen LogP contribution in [-0.2, 0) is 18.7 Å². The van der Waals surface area contributed by atoms with Gasteiger partial charge in [-0.05, 0) is 56.1 Å². The molecule has 0 spiro atoms. The van der Waals surface area contributed by atoms with Crippen molar-refractivity contribution in [3.05, 3.63) is 23.8 Å². The number of carbonyl (C=O) groups is 2. The highest BCUT2D eigenvalue weighted by molar-refractivity contribution is 7.46. The summed E-state index contributed by atoms with van der Waals surface area (Å²) in [6, 6.07) is 0. The summed E-state index contributed by atoms with van der Waals surface area (Å²) in [5, 5.41) is 22.6. The van der Waals surface area contributed by atoms with Crippen LogP contribution in [0.15, 0.2) is 23.8 Å². The van der Waals surface area contributed by atoms with Gasteiger partial charge in [0.15, 0.2) is 11.6 Å². The lowest BCUT2D eigenvalue weighted by atomic mass is 9.46. The minimum Gasteiger partial charge on any atom is -0.393 e. The van der Waals surface area contributed by atoms with E-state index in [1.165, 1.54) is 0 Å². The molecule has 9 heteroatoms. The molecule has 4 rings (SSSR count). The van der Waals surface area contributed by atoms with Crippen LogP contribution in [0.25, 0.3) is 0 Å². The molecule has 4 aliphatic carbocycles. The average molecular weight is 440 g/mol. The Labute approximate surface area is 175 Å². The van der Waals surface area contributed by atoms with Crippen molar-refractivity contribution in [2.45, 2.75) is 57.7 Å². The van der Waals surface area contributed by atoms with Crippen LogP contribution < -0.4 is 0 Å². The fourth-order valence-electron chi connectivity index (χ4n) is 7.05. The number of aliphatic hydroxyl groups is 2. The van der Waals surface area contributed by atoms with Crippen molar-refractivity contribution in [1.82, 2.24) is 0 Å². The molecule has 0 radical (unpaired) electrons. The molecule has 0 amide bonds. The maximum absolute atomic E-state index is 12.8. The van der Waals surface area contributed by atoms with Gasteiger partial charge in [-0.25, -0.2) is 4.57 Å². The first-order valence-corrected chi connectivity index (χ1v) is 11.9. The Morgan fingerprint density at radius 2 is 2.00 bits per heavy atom. The molecule has 30 heavy (non-hydrogen) atoms. The quantitative estimate of drug-likeness (QED) is 0.484. The van der Waals surface area contributed by atoms with Crippen molar-refractivity contribution >= 4 is 19.4 Å². The Balaban J connectivity index is 1.65. The van der Waals surface area contributed by atoms with E-state index in [4.69, 9.17) is 9.79 Å². The first-order chi connectivity index (χ1) is 13.8. The van der Waals surface area contributed by atoms with Gasteiger partial charge in [-0.2, -0.15) is 0 Å². The Morgan fingerprint density at radius 3 is 2.67 bits per heavy atom. The topological polar surface area (TPSA) is 141 Å². The number of hydrogen-bond acceptors (Lipinski definition) is 6. The number of rotatable bonds is 4. The van der Waals surface area contributed by atoms with Gasteiger partial charge in [0.1, 0.15) is 12.2 Å². The van der Waals surface area contributed by atoms with E-state index in [1.807, 2.05) is 13.0 Å². The Bertz CT molecular complexity index is 889. The Hall–Kier alpha value is -1.15. The Kier molecular flexibility index (Phi) is 5.09. The van der Waals surface area contributed by atoms with Crippen LogP contribution in [0.5, 0.6) is 0 Å². The molecule has 0 aromatic carbocycles. The van der Waals surface area contributed by atoms with E-state index in [0.717, 1.165) is 18.4 Å². The van der Waals surface area contributed by atoms with Gasteiger partial charge in [0, 0.05) is 16.7 Å². The summed E-state index contributed by atoms with van der Waals surface area (Å²) >= 11 is 0. The largest absolute Gasteiger partial charge is 0.470 e. The van der Waals surface area contributed by atoms with Crippen LogP contribution >= 0.6 is 7.82 Å². The fraction of sp³-hybridized carbons (Fsp3) is 0.714. The second-order valence-corrected chi connectivity index (χ2v) is 11.0. The van der Waals surface area contributed by atoms with Crippen LogP contribution in [0, 0.1) is 28.6 Å². The van der Waals surface area contributed by atoms with Gasteiger partial charge in [0.05, 0.1) is 6.10 Å². The zero-order valence-corrected chi connectivity index (χ0v) is 18.0. The minimum atomic E-state index is -4.84.